The first-order valence-electron chi connectivity index (χ1n) is 10.9. The average molecular weight is 588 g/mol. The predicted molar refractivity (Wildman–Crippen MR) is 137 cm³/mol. The molecular formula is C21H29ClF3N5O5S2. The van der Waals surface area contributed by atoms with E-state index < -0.39 is 22.2 Å². The van der Waals surface area contributed by atoms with Gasteiger partial charge in [-0.1, -0.05) is 36.8 Å². The third-order valence-corrected chi connectivity index (χ3v) is 7.13. The van der Waals surface area contributed by atoms with E-state index in [-0.39, 0.29) is 22.5 Å². The molecule has 2 rings (SSSR count). The van der Waals surface area contributed by atoms with Crippen molar-refractivity contribution in [2.24, 2.45) is 5.92 Å². The third-order valence-electron chi connectivity index (χ3n) is 4.35. The second kappa shape index (κ2) is 14.4. The molecular weight excluding hydrogens is 559 g/mol. The average Bonchev–Trinajstić information content (AvgIpc) is 3.10. The minimum atomic E-state index is -5.08. The summed E-state index contributed by atoms with van der Waals surface area (Å²) in [5.41, 5.74) is 1.59. The number of aromatic nitrogens is 2. The van der Waals surface area contributed by atoms with Crippen LogP contribution in [0.25, 0.3) is 10.4 Å². The van der Waals surface area contributed by atoms with Crippen LogP contribution in [0.1, 0.15) is 39.3 Å². The van der Waals surface area contributed by atoms with E-state index in [0.29, 0.717) is 35.3 Å². The number of pyridine rings is 1. The summed E-state index contributed by atoms with van der Waals surface area (Å²) < 4.78 is 59.2. The number of hydrogen-bond donors (Lipinski definition) is 4. The summed E-state index contributed by atoms with van der Waals surface area (Å²) in [4.78, 5) is 29.3. The molecule has 0 saturated heterocycles. The maximum absolute atomic E-state index is 12.5. The zero-order chi connectivity index (χ0) is 28.4. The van der Waals surface area contributed by atoms with E-state index in [1.165, 1.54) is 18.3 Å². The molecule has 37 heavy (non-hydrogen) atoms. The standard InChI is InChI=1S/C19H28ClN5O3S2.C2HF3O2/c1-12(2)6-8-21-7-5-9-30(27,28)25-16-10-15(11-22-18(16)20)17-13(3)23-19(29-17)24-14(4)26;3-2(4,5)1(6)7/h10-12,21,25H,5-9H2,1-4H3,(H,23,24,26);(H,6,7). The molecule has 16 heteroatoms. The molecule has 0 saturated carbocycles. The van der Waals surface area contributed by atoms with Crippen LogP contribution in [0.2, 0.25) is 5.15 Å². The number of rotatable bonds is 11. The second-order valence-corrected chi connectivity index (χ2v) is 11.4. The molecule has 1 amide bonds. The van der Waals surface area contributed by atoms with Gasteiger partial charge in [-0.05, 0) is 44.8 Å². The summed E-state index contributed by atoms with van der Waals surface area (Å²) in [6.45, 7) is 9.02. The molecule has 0 bridgehead atoms. The summed E-state index contributed by atoms with van der Waals surface area (Å²) in [5.74, 6) is -2.38. The number of amides is 1. The highest BCUT2D eigenvalue weighted by Gasteiger charge is 2.38. The zero-order valence-electron chi connectivity index (χ0n) is 20.6. The summed E-state index contributed by atoms with van der Waals surface area (Å²) in [6, 6.07) is 1.63. The molecule has 4 N–H and O–H groups in total. The Morgan fingerprint density at radius 3 is 2.41 bits per heavy atom. The van der Waals surface area contributed by atoms with Gasteiger partial charge in [0.25, 0.3) is 0 Å². The molecule has 0 radical (unpaired) electrons. The molecule has 2 heterocycles. The number of aryl methyl sites for hydroxylation is 1. The zero-order valence-corrected chi connectivity index (χ0v) is 23.0. The molecule has 2 aromatic rings. The molecule has 0 aliphatic rings. The number of carboxylic acid groups (broad SMARTS) is 1. The molecule has 2 aromatic heterocycles. The Labute approximate surface area is 222 Å². The minimum Gasteiger partial charge on any atom is -0.475 e. The summed E-state index contributed by atoms with van der Waals surface area (Å²) in [5, 5.41) is 13.6. The van der Waals surface area contributed by atoms with Gasteiger partial charge < -0.3 is 15.7 Å². The number of halogens is 4. The fourth-order valence-corrected chi connectivity index (χ4v) is 4.95. The third kappa shape index (κ3) is 12.5. The monoisotopic (exact) mass is 587 g/mol. The number of alkyl halides is 3. The van der Waals surface area contributed by atoms with E-state index in [4.69, 9.17) is 21.5 Å². The normalized spacial score (nSPS) is 11.6. The van der Waals surface area contributed by atoms with E-state index in [2.05, 4.69) is 39.2 Å². The fourth-order valence-electron chi connectivity index (χ4n) is 2.63. The van der Waals surface area contributed by atoms with E-state index in [9.17, 15) is 26.4 Å². The Morgan fingerprint density at radius 2 is 1.86 bits per heavy atom. The number of nitrogens with one attached hydrogen (secondary N) is 3. The van der Waals surface area contributed by atoms with Crippen LogP contribution < -0.4 is 15.4 Å². The van der Waals surface area contributed by atoms with Crippen LogP contribution in [0.5, 0.6) is 0 Å². The van der Waals surface area contributed by atoms with Crippen molar-refractivity contribution in [3.8, 4) is 10.4 Å². The number of carboxylic acids is 1. The summed E-state index contributed by atoms with van der Waals surface area (Å²) >= 11 is 7.40. The Balaban J connectivity index is 0.000000856. The van der Waals surface area contributed by atoms with Gasteiger partial charge >= 0.3 is 12.1 Å². The molecule has 10 nitrogen and oxygen atoms in total. The van der Waals surface area contributed by atoms with Crippen LogP contribution in [-0.4, -0.2) is 60.4 Å². The highest BCUT2D eigenvalue weighted by molar-refractivity contribution is 7.92. The number of sulfonamides is 1. The summed E-state index contributed by atoms with van der Waals surface area (Å²) in [6.07, 6.45) is -1.98. The predicted octanol–water partition coefficient (Wildman–Crippen LogP) is 4.53. The van der Waals surface area contributed by atoms with Gasteiger partial charge in [-0.25, -0.2) is 23.2 Å². The topological polar surface area (TPSA) is 150 Å². The van der Waals surface area contributed by atoms with Crippen molar-refractivity contribution in [1.82, 2.24) is 15.3 Å². The maximum Gasteiger partial charge on any atom is 0.490 e. The van der Waals surface area contributed by atoms with Gasteiger partial charge in [-0.2, -0.15) is 13.2 Å². The first-order chi connectivity index (χ1) is 17.0. The van der Waals surface area contributed by atoms with E-state index in [1.54, 1.807) is 12.3 Å². The van der Waals surface area contributed by atoms with Gasteiger partial charge in [-0.15, -0.1) is 0 Å². The van der Waals surface area contributed by atoms with Crippen molar-refractivity contribution in [2.75, 3.05) is 28.9 Å². The SMILES string of the molecule is CC(=O)Nc1nc(C)c(-c2cnc(Cl)c(NS(=O)(=O)CCCNCCC(C)C)c2)s1.O=C(O)C(F)(F)F. The van der Waals surface area contributed by atoms with Gasteiger partial charge in [0.1, 0.15) is 0 Å². The van der Waals surface area contributed by atoms with E-state index in [1.807, 2.05) is 6.92 Å². The minimum absolute atomic E-state index is 0.0193. The van der Waals surface area contributed by atoms with Crippen LogP contribution >= 0.6 is 22.9 Å². The largest absolute Gasteiger partial charge is 0.490 e. The van der Waals surface area contributed by atoms with Crippen molar-refractivity contribution < 1.29 is 36.3 Å². The van der Waals surface area contributed by atoms with Gasteiger partial charge in [-0.3, -0.25) is 9.52 Å². The van der Waals surface area contributed by atoms with Crippen molar-refractivity contribution in [3.63, 3.8) is 0 Å². The molecule has 0 aromatic carbocycles. The highest BCUT2D eigenvalue weighted by Crippen LogP contribution is 2.35. The Hall–Kier alpha value is -2.49. The van der Waals surface area contributed by atoms with E-state index in [0.717, 1.165) is 17.8 Å². The Kier molecular flexibility index (Phi) is 12.7. The number of hydrogen-bond acceptors (Lipinski definition) is 8. The maximum atomic E-state index is 12.5. The smallest absolute Gasteiger partial charge is 0.475 e. The number of carbonyl (C=O) groups excluding carboxylic acids is 1. The number of nitrogens with zero attached hydrogens (tertiary/aromatic N) is 2. The lowest BCUT2D eigenvalue weighted by Crippen LogP contribution is -2.23. The molecule has 0 aliphatic carbocycles. The molecule has 208 valence electrons. The van der Waals surface area contributed by atoms with Crippen molar-refractivity contribution in [3.05, 3.63) is 23.1 Å². The fraction of sp³-hybridized carbons (Fsp3) is 0.524. The molecule has 0 atom stereocenters. The first kappa shape index (κ1) is 32.5. The number of anilines is 2. The number of carbonyl (C=O) groups is 2. The van der Waals surface area contributed by atoms with Crippen LogP contribution in [0.4, 0.5) is 24.0 Å². The van der Waals surface area contributed by atoms with Crippen LogP contribution in [0.15, 0.2) is 12.3 Å². The Morgan fingerprint density at radius 1 is 1.24 bits per heavy atom. The van der Waals surface area contributed by atoms with Gasteiger partial charge in [0.15, 0.2) is 10.3 Å². The Bertz CT molecular complexity index is 1170. The first-order valence-corrected chi connectivity index (χ1v) is 13.8. The molecule has 0 unspecified atom stereocenters. The molecule has 0 fully saturated rings. The lowest BCUT2D eigenvalue weighted by atomic mass is 10.1. The summed E-state index contributed by atoms with van der Waals surface area (Å²) in [7, 11) is -3.56. The lowest BCUT2D eigenvalue weighted by molar-refractivity contribution is -0.192. The van der Waals surface area contributed by atoms with Gasteiger partial charge in [0.2, 0.25) is 15.9 Å². The quantitative estimate of drug-likeness (QED) is 0.221. The van der Waals surface area contributed by atoms with Gasteiger partial charge in [0.05, 0.1) is 22.0 Å². The number of aliphatic carboxylic acids is 1. The second-order valence-electron chi connectivity index (χ2n) is 8.19. The molecule has 0 aliphatic heterocycles. The lowest BCUT2D eigenvalue weighted by Gasteiger charge is -2.11. The molecule has 0 spiro atoms. The number of thiazole rings is 1. The van der Waals surface area contributed by atoms with Gasteiger partial charge in [0, 0.05) is 18.7 Å². The highest BCUT2D eigenvalue weighted by atomic mass is 35.5. The van der Waals surface area contributed by atoms with Crippen LogP contribution in [-0.2, 0) is 19.6 Å². The van der Waals surface area contributed by atoms with Crippen molar-refractivity contribution in [2.45, 2.75) is 46.7 Å². The van der Waals surface area contributed by atoms with Crippen molar-refractivity contribution in [1.29, 1.82) is 0 Å². The van der Waals surface area contributed by atoms with Crippen LogP contribution in [0.3, 0.4) is 0 Å². The van der Waals surface area contributed by atoms with Crippen LogP contribution in [0, 0.1) is 12.8 Å². The van der Waals surface area contributed by atoms with Crippen molar-refractivity contribution >= 4 is 55.7 Å². The van der Waals surface area contributed by atoms with E-state index >= 15 is 0 Å².